The van der Waals surface area contributed by atoms with E-state index in [4.69, 9.17) is 16.3 Å². The standard InChI is InChI=1S/C18H15ClN2O3/c1-2-9-24-18(23)11-3-6-13(7-4-11)20-16-14-10-12(19)5-8-15(14)21-17(16)22/h3-8,10H,2,9H2,1H3,(H,20,21,22). The summed E-state index contributed by atoms with van der Waals surface area (Å²) in [6, 6.07) is 11.7. The number of nitrogens with zero attached hydrogens (tertiary/aromatic N) is 1. The molecular weight excluding hydrogens is 328 g/mol. The van der Waals surface area contributed by atoms with E-state index in [0.717, 1.165) is 6.42 Å². The Morgan fingerprint density at radius 3 is 2.67 bits per heavy atom. The second-order valence-corrected chi connectivity index (χ2v) is 5.72. The predicted molar refractivity (Wildman–Crippen MR) is 93.3 cm³/mol. The third-order valence-corrected chi connectivity index (χ3v) is 3.72. The van der Waals surface area contributed by atoms with Gasteiger partial charge in [-0.05, 0) is 48.9 Å². The molecule has 2 aromatic carbocycles. The molecule has 0 bridgehead atoms. The average molecular weight is 343 g/mol. The Morgan fingerprint density at radius 2 is 1.96 bits per heavy atom. The SMILES string of the molecule is CCCOC(=O)c1ccc(N=C2C(=O)Nc3ccc(Cl)cc32)cc1. The van der Waals surface area contributed by atoms with Gasteiger partial charge in [0.25, 0.3) is 5.91 Å². The fraction of sp³-hybridized carbons (Fsp3) is 0.167. The summed E-state index contributed by atoms with van der Waals surface area (Å²) in [5.41, 5.74) is 2.67. The lowest BCUT2D eigenvalue weighted by Gasteiger charge is -2.03. The lowest BCUT2D eigenvalue weighted by atomic mass is 10.1. The van der Waals surface area contributed by atoms with E-state index in [2.05, 4.69) is 10.3 Å². The van der Waals surface area contributed by atoms with E-state index in [1.807, 2.05) is 6.92 Å². The van der Waals surface area contributed by atoms with Crippen LogP contribution < -0.4 is 5.32 Å². The van der Waals surface area contributed by atoms with Crippen LogP contribution in [-0.4, -0.2) is 24.2 Å². The monoisotopic (exact) mass is 342 g/mol. The molecule has 2 aromatic rings. The lowest BCUT2D eigenvalue weighted by Crippen LogP contribution is -2.13. The summed E-state index contributed by atoms with van der Waals surface area (Å²) in [4.78, 5) is 28.2. The van der Waals surface area contributed by atoms with Crippen LogP contribution in [0.3, 0.4) is 0 Å². The van der Waals surface area contributed by atoms with Gasteiger partial charge in [0.15, 0.2) is 0 Å². The molecule has 1 heterocycles. The van der Waals surface area contributed by atoms with Gasteiger partial charge in [0.05, 0.1) is 23.5 Å². The summed E-state index contributed by atoms with van der Waals surface area (Å²) in [5, 5.41) is 3.28. The number of hydrogen-bond acceptors (Lipinski definition) is 4. The van der Waals surface area contributed by atoms with Crippen molar-refractivity contribution in [2.24, 2.45) is 4.99 Å². The number of ether oxygens (including phenoxy) is 1. The van der Waals surface area contributed by atoms with Gasteiger partial charge in [0.2, 0.25) is 0 Å². The van der Waals surface area contributed by atoms with Crippen LogP contribution in [0.25, 0.3) is 0 Å². The van der Waals surface area contributed by atoms with Crippen LogP contribution in [0.2, 0.25) is 5.02 Å². The quantitative estimate of drug-likeness (QED) is 0.854. The second-order valence-electron chi connectivity index (χ2n) is 5.29. The van der Waals surface area contributed by atoms with Gasteiger partial charge in [-0.25, -0.2) is 9.79 Å². The Kier molecular flexibility index (Phi) is 4.62. The predicted octanol–water partition coefficient (Wildman–Crippen LogP) is 3.98. The molecule has 0 saturated heterocycles. The van der Waals surface area contributed by atoms with Crippen molar-refractivity contribution in [2.75, 3.05) is 11.9 Å². The molecule has 122 valence electrons. The molecule has 0 aromatic heterocycles. The molecule has 24 heavy (non-hydrogen) atoms. The molecule has 5 nitrogen and oxygen atoms in total. The number of hydrogen-bond donors (Lipinski definition) is 1. The molecule has 0 saturated carbocycles. The van der Waals surface area contributed by atoms with E-state index in [-0.39, 0.29) is 11.9 Å². The highest BCUT2D eigenvalue weighted by Crippen LogP contribution is 2.28. The molecule has 0 radical (unpaired) electrons. The van der Waals surface area contributed by atoms with Crippen LogP contribution in [0, 0.1) is 0 Å². The fourth-order valence-corrected chi connectivity index (χ4v) is 2.49. The third kappa shape index (κ3) is 3.31. The van der Waals surface area contributed by atoms with Gasteiger partial charge < -0.3 is 10.1 Å². The topological polar surface area (TPSA) is 67.8 Å². The van der Waals surface area contributed by atoms with Crippen LogP contribution in [0.15, 0.2) is 47.5 Å². The number of aliphatic imine (C=N–C) groups is 1. The summed E-state index contributed by atoms with van der Waals surface area (Å²) >= 11 is 5.99. The summed E-state index contributed by atoms with van der Waals surface area (Å²) in [5.74, 6) is -0.648. The molecule has 0 atom stereocenters. The number of benzene rings is 2. The zero-order valence-electron chi connectivity index (χ0n) is 13.0. The van der Waals surface area contributed by atoms with Gasteiger partial charge in [-0.15, -0.1) is 0 Å². The van der Waals surface area contributed by atoms with Gasteiger partial charge in [0.1, 0.15) is 5.71 Å². The molecule has 0 aliphatic carbocycles. The molecule has 6 heteroatoms. The Morgan fingerprint density at radius 1 is 1.21 bits per heavy atom. The van der Waals surface area contributed by atoms with Gasteiger partial charge in [-0.3, -0.25) is 4.79 Å². The second kappa shape index (κ2) is 6.84. The zero-order chi connectivity index (χ0) is 17.1. The largest absolute Gasteiger partial charge is 0.462 e. The summed E-state index contributed by atoms with van der Waals surface area (Å²) in [6.45, 7) is 2.32. The molecule has 1 amide bonds. The van der Waals surface area contributed by atoms with E-state index in [0.29, 0.717) is 39.8 Å². The van der Waals surface area contributed by atoms with Crippen molar-refractivity contribution >= 4 is 40.6 Å². The number of carbonyl (C=O) groups is 2. The number of halogens is 1. The first-order valence-corrected chi connectivity index (χ1v) is 7.93. The first-order valence-electron chi connectivity index (χ1n) is 7.55. The number of esters is 1. The molecule has 3 rings (SSSR count). The minimum atomic E-state index is -0.369. The van der Waals surface area contributed by atoms with Crippen LogP contribution in [-0.2, 0) is 9.53 Å². The van der Waals surface area contributed by atoms with Crippen molar-refractivity contribution in [1.82, 2.24) is 0 Å². The highest BCUT2D eigenvalue weighted by Gasteiger charge is 2.26. The van der Waals surface area contributed by atoms with Crippen molar-refractivity contribution in [3.63, 3.8) is 0 Å². The normalized spacial score (nSPS) is 14.4. The average Bonchev–Trinajstić information content (AvgIpc) is 2.88. The Bertz CT molecular complexity index is 829. The van der Waals surface area contributed by atoms with Crippen molar-refractivity contribution in [2.45, 2.75) is 13.3 Å². The van der Waals surface area contributed by atoms with Crippen molar-refractivity contribution in [3.05, 3.63) is 58.6 Å². The molecule has 0 fully saturated rings. The summed E-state index contributed by atoms with van der Waals surface area (Å²) < 4.78 is 5.07. The minimum Gasteiger partial charge on any atom is -0.462 e. The number of carbonyl (C=O) groups excluding carboxylic acids is 2. The Labute approximate surface area is 144 Å². The highest BCUT2D eigenvalue weighted by molar-refractivity contribution is 6.54. The molecule has 1 N–H and O–H groups in total. The Balaban J connectivity index is 1.86. The first kappa shape index (κ1) is 16.2. The summed E-state index contributed by atoms with van der Waals surface area (Å²) in [6.07, 6.45) is 0.772. The third-order valence-electron chi connectivity index (χ3n) is 3.48. The maximum atomic E-state index is 12.1. The number of amides is 1. The van der Waals surface area contributed by atoms with Gasteiger partial charge in [-0.1, -0.05) is 18.5 Å². The summed E-state index contributed by atoms with van der Waals surface area (Å²) in [7, 11) is 0. The molecular formula is C18H15ClN2O3. The minimum absolute atomic E-state index is 0.279. The molecule has 1 aliphatic heterocycles. The van der Waals surface area contributed by atoms with Crippen molar-refractivity contribution < 1.29 is 14.3 Å². The van der Waals surface area contributed by atoms with E-state index < -0.39 is 0 Å². The highest BCUT2D eigenvalue weighted by atomic mass is 35.5. The van der Waals surface area contributed by atoms with Gasteiger partial charge in [-0.2, -0.15) is 0 Å². The maximum absolute atomic E-state index is 12.1. The van der Waals surface area contributed by atoms with Gasteiger partial charge in [0, 0.05) is 10.6 Å². The molecule has 0 unspecified atom stereocenters. The number of fused-ring (bicyclic) bond motifs is 1. The van der Waals surface area contributed by atoms with Crippen LogP contribution >= 0.6 is 11.6 Å². The fourth-order valence-electron chi connectivity index (χ4n) is 2.32. The van der Waals surface area contributed by atoms with Crippen LogP contribution in [0.1, 0.15) is 29.3 Å². The number of rotatable bonds is 4. The van der Waals surface area contributed by atoms with Gasteiger partial charge >= 0.3 is 5.97 Å². The van der Waals surface area contributed by atoms with E-state index >= 15 is 0 Å². The number of anilines is 1. The van der Waals surface area contributed by atoms with E-state index in [1.165, 1.54) is 0 Å². The van der Waals surface area contributed by atoms with Crippen LogP contribution in [0.4, 0.5) is 11.4 Å². The zero-order valence-corrected chi connectivity index (χ0v) is 13.8. The van der Waals surface area contributed by atoms with Crippen LogP contribution in [0.5, 0.6) is 0 Å². The first-order chi connectivity index (χ1) is 11.6. The number of nitrogens with one attached hydrogen (secondary N) is 1. The van der Waals surface area contributed by atoms with E-state index in [9.17, 15) is 9.59 Å². The maximum Gasteiger partial charge on any atom is 0.338 e. The van der Waals surface area contributed by atoms with Crippen molar-refractivity contribution in [1.29, 1.82) is 0 Å². The molecule has 1 aliphatic rings. The van der Waals surface area contributed by atoms with Crippen molar-refractivity contribution in [3.8, 4) is 0 Å². The molecule has 0 spiro atoms. The lowest BCUT2D eigenvalue weighted by molar-refractivity contribution is -0.110. The smallest absolute Gasteiger partial charge is 0.338 e. The Hall–Kier alpha value is -2.66. The van der Waals surface area contributed by atoms with E-state index in [1.54, 1.807) is 42.5 Å².